The number of benzene rings is 2. The zero-order valence-corrected chi connectivity index (χ0v) is 15.7. The van der Waals surface area contributed by atoms with Crippen LogP contribution >= 0.6 is 0 Å². The number of hydrogen-bond acceptors (Lipinski definition) is 0. The van der Waals surface area contributed by atoms with Gasteiger partial charge in [0.2, 0.25) is 5.69 Å². The topological polar surface area (TPSA) is 3.88 Å². The van der Waals surface area contributed by atoms with E-state index in [9.17, 15) is 0 Å². The van der Waals surface area contributed by atoms with Crippen molar-refractivity contribution in [2.24, 2.45) is 13.0 Å². The molecule has 3 rings (SSSR count). The van der Waals surface area contributed by atoms with Crippen molar-refractivity contribution in [1.29, 1.82) is 0 Å². The molecule has 1 heterocycles. The number of aromatic nitrogens is 1. The quantitative estimate of drug-likeness (QED) is 0.565. The predicted octanol–water partition coefficient (Wildman–Crippen LogP) is 5.46. The lowest BCUT2D eigenvalue weighted by atomic mass is 9.93. The van der Waals surface area contributed by atoms with Gasteiger partial charge in [0, 0.05) is 6.07 Å². The summed E-state index contributed by atoms with van der Waals surface area (Å²) in [4.78, 5) is 0. The zero-order valence-electron chi connectivity index (χ0n) is 16.7. The fraction of sp³-hybridized carbons (Fsp3) is 0.348. The van der Waals surface area contributed by atoms with E-state index in [1.807, 2.05) is 17.7 Å². The van der Waals surface area contributed by atoms with Gasteiger partial charge in [-0.2, -0.15) is 0 Å². The van der Waals surface area contributed by atoms with Crippen LogP contribution in [0.3, 0.4) is 0 Å². The third-order valence-electron chi connectivity index (χ3n) is 4.83. The first-order valence-corrected chi connectivity index (χ1v) is 8.78. The maximum absolute atomic E-state index is 8.44. The first-order valence-electron chi connectivity index (χ1n) is 9.28. The Kier molecular flexibility index (Phi) is 4.10. The highest BCUT2D eigenvalue weighted by Crippen LogP contribution is 2.31. The summed E-state index contributed by atoms with van der Waals surface area (Å²) in [5.74, 6) is 0.633. The summed E-state index contributed by atoms with van der Waals surface area (Å²) in [6.45, 7) is 11.0. The monoisotopic (exact) mass is 319 g/mol. The molecule has 1 nitrogen and oxygen atoms in total. The first kappa shape index (κ1) is 15.4. The van der Waals surface area contributed by atoms with Crippen LogP contribution in [-0.2, 0) is 13.5 Å². The highest BCUT2D eigenvalue weighted by molar-refractivity contribution is 5.94. The van der Waals surface area contributed by atoms with Gasteiger partial charge in [-0.3, -0.25) is 0 Å². The second kappa shape index (κ2) is 6.39. The van der Waals surface area contributed by atoms with Gasteiger partial charge in [0.15, 0.2) is 6.17 Å². The number of pyridine rings is 1. The SMILES string of the molecule is [2H]c1cc2cc(CC(C)C)ccc2c(-c2cc(C)cc(C)c2C)[n+]1C. The molecule has 0 atom stereocenters. The Morgan fingerprint density at radius 3 is 2.50 bits per heavy atom. The van der Waals surface area contributed by atoms with Crippen LogP contribution in [0.25, 0.3) is 22.0 Å². The van der Waals surface area contributed by atoms with Crippen LogP contribution in [0.4, 0.5) is 0 Å². The lowest BCUT2D eigenvalue weighted by Gasteiger charge is -2.12. The van der Waals surface area contributed by atoms with Gasteiger partial charge in [0.1, 0.15) is 8.42 Å². The number of hydrogen-bond donors (Lipinski definition) is 0. The van der Waals surface area contributed by atoms with Crippen molar-refractivity contribution < 1.29 is 5.94 Å². The molecule has 0 aliphatic carbocycles. The molecule has 1 aromatic heterocycles. The van der Waals surface area contributed by atoms with Crippen molar-refractivity contribution in [1.82, 2.24) is 0 Å². The minimum atomic E-state index is 0.544. The van der Waals surface area contributed by atoms with Crippen molar-refractivity contribution >= 4 is 10.8 Å². The summed E-state index contributed by atoms with van der Waals surface area (Å²) in [5.41, 5.74) is 7.57. The number of nitrogens with zero attached hydrogens (tertiary/aromatic N) is 1. The van der Waals surface area contributed by atoms with E-state index < -0.39 is 0 Å². The van der Waals surface area contributed by atoms with Gasteiger partial charge in [-0.1, -0.05) is 37.6 Å². The average Bonchev–Trinajstić information content (AvgIpc) is 2.52. The standard InChI is InChI=1S/C23H28N/c1-15(2)11-19-7-8-21-20(14-19)9-10-24(6)23(21)22-13-16(3)12-17(4)18(22)5/h7-10,12-15H,11H2,1-6H3/q+1/i10D. The smallest absolute Gasteiger partial charge is 0.200 e. The van der Waals surface area contributed by atoms with Crippen molar-refractivity contribution in [2.75, 3.05) is 0 Å². The molecule has 0 N–H and O–H groups in total. The summed E-state index contributed by atoms with van der Waals surface area (Å²) in [7, 11) is 2.00. The second-order valence-electron chi connectivity index (χ2n) is 7.46. The molecule has 0 aliphatic rings. The molecule has 0 spiro atoms. The largest absolute Gasteiger partial charge is 0.220 e. The summed E-state index contributed by atoms with van der Waals surface area (Å²) in [6, 6.07) is 13.2. The summed E-state index contributed by atoms with van der Waals surface area (Å²) in [6.07, 6.45) is 1.62. The molecule has 0 bridgehead atoms. The van der Waals surface area contributed by atoms with E-state index in [1.165, 1.54) is 33.2 Å². The molecule has 2 aromatic carbocycles. The highest BCUT2D eigenvalue weighted by atomic mass is 14.9. The minimum Gasteiger partial charge on any atom is -0.200 e. The first-order chi connectivity index (χ1) is 11.8. The van der Waals surface area contributed by atoms with Crippen LogP contribution in [0.1, 0.15) is 37.5 Å². The molecule has 3 aromatic rings. The molecule has 0 saturated carbocycles. The van der Waals surface area contributed by atoms with E-state index in [4.69, 9.17) is 1.37 Å². The number of aryl methyl sites for hydroxylation is 2. The van der Waals surface area contributed by atoms with E-state index in [2.05, 4.69) is 65.0 Å². The fourth-order valence-corrected chi connectivity index (χ4v) is 3.57. The van der Waals surface area contributed by atoms with E-state index >= 15 is 0 Å². The van der Waals surface area contributed by atoms with Crippen LogP contribution < -0.4 is 4.57 Å². The molecule has 0 amide bonds. The van der Waals surface area contributed by atoms with Crippen molar-refractivity contribution in [3.05, 3.63) is 64.8 Å². The molecule has 0 radical (unpaired) electrons. The van der Waals surface area contributed by atoms with Crippen LogP contribution in [0.5, 0.6) is 0 Å². The Bertz CT molecular complexity index is 954. The fourth-order valence-electron chi connectivity index (χ4n) is 3.57. The zero-order chi connectivity index (χ0) is 18.3. The summed E-state index contributed by atoms with van der Waals surface area (Å²) >= 11 is 0. The molecule has 1 heteroatoms. The second-order valence-corrected chi connectivity index (χ2v) is 7.46. The third-order valence-corrected chi connectivity index (χ3v) is 4.83. The van der Waals surface area contributed by atoms with Gasteiger partial charge >= 0.3 is 0 Å². The van der Waals surface area contributed by atoms with Crippen LogP contribution in [0, 0.1) is 26.7 Å². The molecular weight excluding hydrogens is 290 g/mol. The average molecular weight is 319 g/mol. The van der Waals surface area contributed by atoms with E-state index in [1.54, 1.807) is 0 Å². The Morgan fingerprint density at radius 2 is 1.79 bits per heavy atom. The van der Waals surface area contributed by atoms with Gasteiger partial charge in [0.25, 0.3) is 0 Å². The maximum atomic E-state index is 8.44. The van der Waals surface area contributed by atoms with Crippen molar-refractivity contribution in [2.45, 2.75) is 41.0 Å². The Balaban J connectivity index is 2.33. The van der Waals surface area contributed by atoms with Gasteiger partial charge < -0.3 is 0 Å². The van der Waals surface area contributed by atoms with Gasteiger partial charge in [-0.15, -0.1) is 0 Å². The molecule has 24 heavy (non-hydrogen) atoms. The van der Waals surface area contributed by atoms with Crippen LogP contribution in [0.2, 0.25) is 0 Å². The van der Waals surface area contributed by atoms with Crippen LogP contribution in [-0.4, -0.2) is 0 Å². The van der Waals surface area contributed by atoms with Crippen LogP contribution in [0.15, 0.2) is 42.6 Å². The highest BCUT2D eigenvalue weighted by Gasteiger charge is 2.18. The normalized spacial score (nSPS) is 12.0. The molecule has 0 unspecified atom stereocenters. The van der Waals surface area contributed by atoms with Crippen molar-refractivity contribution in [3.63, 3.8) is 0 Å². The molecule has 0 fully saturated rings. The van der Waals surface area contributed by atoms with Gasteiger partial charge in [-0.05, 0) is 67.3 Å². The maximum Gasteiger partial charge on any atom is 0.220 e. The molecule has 124 valence electrons. The van der Waals surface area contributed by atoms with E-state index in [0.29, 0.717) is 12.1 Å². The Hall–Kier alpha value is -2.15. The summed E-state index contributed by atoms with van der Waals surface area (Å²) in [5, 5.41) is 2.38. The molecule has 0 aliphatic heterocycles. The predicted molar refractivity (Wildman–Crippen MR) is 103 cm³/mol. The lowest BCUT2D eigenvalue weighted by molar-refractivity contribution is -0.659. The molecule has 0 saturated heterocycles. The van der Waals surface area contributed by atoms with E-state index in [0.717, 1.165) is 17.5 Å². The Morgan fingerprint density at radius 1 is 1.04 bits per heavy atom. The van der Waals surface area contributed by atoms with Crippen molar-refractivity contribution in [3.8, 4) is 11.3 Å². The molecular formula is C23H28N+. The van der Waals surface area contributed by atoms with E-state index in [-0.39, 0.29) is 0 Å². The van der Waals surface area contributed by atoms with Gasteiger partial charge in [-0.25, -0.2) is 4.57 Å². The summed E-state index contributed by atoms with van der Waals surface area (Å²) < 4.78 is 10.5. The Labute approximate surface area is 147 Å². The number of rotatable bonds is 3. The minimum absolute atomic E-state index is 0.544. The third kappa shape index (κ3) is 3.08. The number of fused-ring (bicyclic) bond motifs is 1. The van der Waals surface area contributed by atoms with Gasteiger partial charge in [0.05, 0.1) is 10.9 Å². The lowest BCUT2D eigenvalue weighted by Crippen LogP contribution is -2.30.